The van der Waals surface area contributed by atoms with Gasteiger partial charge in [-0.25, -0.2) is 8.42 Å². The lowest BCUT2D eigenvalue weighted by Crippen LogP contribution is -2.51. The molecular formula is C26H33Cl2N3O6S. The molecule has 1 heterocycles. The van der Waals surface area contributed by atoms with Crippen LogP contribution >= 0.6 is 23.2 Å². The van der Waals surface area contributed by atoms with Crippen molar-refractivity contribution in [2.24, 2.45) is 5.92 Å². The lowest BCUT2D eigenvalue weighted by molar-refractivity contribution is -0.139. The van der Waals surface area contributed by atoms with Gasteiger partial charge in [-0.05, 0) is 44.0 Å². The number of sulfonamides is 1. The van der Waals surface area contributed by atoms with E-state index in [-0.39, 0.29) is 29.8 Å². The van der Waals surface area contributed by atoms with Gasteiger partial charge in [0.1, 0.15) is 25.8 Å². The third-order valence-corrected chi connectivity index (χ3v) is 8.48. The molecule has 2 amide bonds. The molecule has 3 rings (SSSR count). The number of ether oxygens (including phenoxy) is 2. The Morgan fingerprint density at radius 2 is 1.66 bits per heavy atom. The second-order valence-corrected chi connectivity index (χ2v) is 12.3. The van der Waals surface area contributed by atoms with Crippen molar-refractivity contribution in [2.45, 2.75) is 40.3 Å². The smallest absolute Gasteiger partial charge is 0.244 e. The summed E-state index contributed by atoms with van der Waals surface area (Å²) in [7, 11) is -3.89. The first-order chi connectivity index (χ1) is 17.9. The summed E-state index contributed by atoms with van der Waals surface area (Å²) in [6.45, 7) is 7.50. The van der Waals surface area contributed by atoms with Gasteiger partial charge in [-0.3, -0.25) is 13.9 Å². The fraction of sp³-hybridized carbons (Fsp3) is 0.462. The van der Waals surface area contributed by atoms with E-state index < -0.39 is 28.5 Å². The summed E-state index contributed by atoms with van der Waals surface area (Å²) < 4.78 is 38.4. The van der Waals surface area contributed by atoms with Crippen molar-refractivity contribution in [1.82, 2.24) is 10.2 Å². The predicted octanol–water partition coefficient (Wildman–Crippen LogP) is 4.11. The second-order valence-electron chi connectivity index (χ2n) is 9.27. The zero-order valence-electron chi connectivity index (χ0n) is 21.9. The third-order valence-electron chi connectivity index (χ3n) is 6.04. The van der Waals surface area contributed by atoms with Crippen molar-refractivity contribution in [3.63, 3.8) is 0 Å². The molecule has 9 nitrogen and oxygen atoms in total. The molecular weight excluding hydrogens is 553 g/mol. The first-order valence-electron chi connectivity index (χ1n) is 12.3. The normalized spacial score (nSPS) is 13.7. The van der Waals surface area contributed by atoms with Crippen LogP contribution in [0.5, 0.6) is 11.5 Å². The lowest BCUT2D eigenvalue weighted by Gasteiger charge is -2.32. The van der Waals surface area contributed by atoms with E-state index in [1.807, 2.05) is 13.8 Å². The molecule has 0 radical (unpaired) electrons. The number of carbonyl (C=O) groups excluding carboxylic acids is 2. The van der Waals surface area contributed by atoms with Gasteiger partial charge in [0, 0.05) is 34.8 Å². The van der Waals surface area contributed by atoms with Crippen LogP contribution < -0.4 is 19.1 Å². The van der Waals surface area contributed by atoms with Crippen LogP contribution in [0, 0.1) is 5.92 Å². The standard InChI is InChI=1S/C26H33Cl2N3O6S/c1-5-38(34,35)31(19-9-10-23-24(13-19)37-12-11-36-23)16-25(32)30(18(4)26(33)29-14-17(2)3)15-20-21(27)7-6-8-22(20)28/h6-10,13,17-18H,5,11-12,14-16H2,1-4H3,(H,29,33)/t18-/m0/s1. The van der Waals surface area contributed by atoms with Crippen molar-refractivity contribution < 1.29 is 27.5 Å². The first-order valence-corrected chi connectivity index (χ1v) is 14.7. The molecule has 0 spiro atoms. The molecule has 0 aliphatic carbocycles. The van der Waals surface area contributed by atoms with Gasteiger partial charge in [0.25, 0.3) is 0 Å². The number of hydrogen-bond donors (Lipinski definition) is 1. The van der Waals surface area contributed by atoms with Gasteiger partial charge in [0.05, 0.1) is 11.4 Å². The number of amides is 2. The fourth-order valence-electron chi connectivity index (χ4n) is 3.80. The minimum absolute atomic E-state index is 0.0885. The Hall–Kier alpha value is -2.69. The van der Waals surface area contributed by atoms with E-state index in [4.69, 9.17) is 32.7 Å². The summed E-state index contributed by atoms with van der Waals surface area (Å²) in [5.74, 6) is -0.132. The highest BCUT2D eigenvalue weighted by atomic mass is 35.5. The summed E-state index contributed by atoms with van der Waals surface area (Å²) >= 11 is 12.7. The summed E-state index contributed by atoms with van der Waals surface area (Å²) in [4.78, 5) is 28.1. The number of nitrogens with one attached hydrogen (secondary N) is 1. The zero-order chi connectivity index (χ0) is 28.0. The molecule has 0 saturated carbocycles. The van der Waals surface area contributed by atoms with Gasteiger partial charge in [0.2, 0.25) is 21.8 Å². The van der Waals surface area contributed by atoms with Crippen LogP contribution in [0.3, 0.4) is 0 Å². The molecule has 12 heteroatoms. The van der Waals surface area contributed by atoms with Gasteiger partial charge >= 0.3 is 0 Å². The summed E-state index contributed by atoms with van der Waals surface area (Å²) in [6.07, 6.45) is 0. The Bertz CT molecular complexity index is 1250. The van der Waals surface area contributed by atoms with E-state index >= 15 is 0 Å². The van der Waals surface area contributed by atoms with Crippen LogP contribution in [-0.4, -0.2) is 63.2 Å². The van der Waals surface area contributed by atoms with Crippen LogP contribution in [0.2, 0.25) is 10.0 Å². The third kappa shape index (κ3) is 7.24. The van der Waals surface area contributed by atoms with E-state index in [9.17, 15) is 18.0 Å². The average Bonchev–Trinajstić information content (AvgIpc) is 2.89. The van der Waals surface area contributed by atoms with Crippen molar-refractivity contribution in [3.05, 3.63) is 52.0 Å². The SMILES string of the molecule is CCS(=O)(=O)N(CC(=O)N(Cc1c(Cl)cccc1Cl)[C@@H](C)C(=O)NCC(C)C)c1ccc2c(c1)OCCO2. The van der Waals surface area contributed by atoms with Crippen LogP contribution in [0.4, 0.5) is 5.69 Å². The van der Waals surface area contributed by atoms with E-state index in [1.54, 1.807) is 37.3 Å². The van der Waals surface area contributed by atoms with Crippen LogP contribution in [0.15, 0.2) is 36.4 Å². The van der Waals surface area contributed by atoms with Crippen LogP contribution in [0.25, 0.3) is 0 Å². The molecule has 1 N–H and O–H groups in total. The Labute approximate surface area is 234 Å². The minimum Gasteiger partial charge on any atom is -0.486 e. The number of nitrogens with zero attached hydrogens (tertiary/aromatic N) is 2. The molecule has 0 aromatic heterocycles. The maximum atomic E-state index is 13.8. The Kier molecular flexibility index (Phi) is 10.1. The number of carbonyl (C=O) groups is 2. The number of halogens is 2. The zero-order valence-corrected chi connectivity index (χ0v) is 24.2. The minimum atomic E-state index is -3.89. The molecule has 0 unspecified atom stereocenters. The summed E-state index contributed by atoms with van der Waals surface area (Å²) in [5.41, 5.74) is 0.703. The molecule has 208 valence electrons. The first kappa shape index (κ1) is 29.9. The number of hydrogen-bond acceptors (Lipinski definition) is 6. The number of fused-ring (bicyclic) bond motifs is 1. The average molecular weight is 587 g/mol. The van der Waals surface area contributed by atoms with Gasteiger partial charge in [0.15, 0.2) is 11.5 Å². The molecule has 38 heavy (non-hydrogen) atoms. The Balaban J connectivity index is 1.97. The Morgan fingerprint density at radius 1 is 1.03 bits per heavy atom. The molecule has 1 aliphatic rings. The number of anilines is 1. The van der Waals surface area contributed by atoms with E-state index in [1.165, 1.54) is 17.9 Å². The van der Waals surface area contributed by atoms with Gasteiger partial charge < -0.3 is 19.7 Å². The Morgan fingerprint density at radius 3 is 2.26 bits per heavy atom. The highest BCUT2D eigenvalue weighted by Gasteiger charge is 2.32. The molecule has 2 aromatic rings. The highest BCUT2D eigenvalue weighted by Crippen LogP contribution is 2.35. The highest BCUT2D eigenvalue weighted by molar-refractivity contribution is 7.92. The van der Waals surface area contributed by atoms with Gasteiger partial charge in [-0.15, -0.1) is 0 Å². The maximum Gasteiger partial charge on any atom is 0.244 e. The fourth-order valence-corrected chi connectivity index (χ4v) is 5.37. The molecule has 1 aliphatic heterocycles. The molecule has 0 bridgehead atoms. The topological polar surface area (TPSA) is 105 Å². The van der Waals surface area contributed by atoms with Crippen molar-refractivity contribution in [2.75, 3.05) is 36.4 Å². The van der Waals surface area contributed by atoms with Crippen molar-refractivity contribution in [1.29, 1.82) is 0 Å². The van der Waals surface area contributed by atoms with Crippen molar-refractivity contribution in [3.8, 4) is 11.5 Å². The van der Waals surface area contributed by atoms with Crippen LogP contribution in [0.1, 0.15) is 33.3 Å². The van der Waals surface area contributed by atoms with E-state index in [2.05, 4.69) is 5.32 Å². The second kappa shape index (κ2) is 12.9. The van der Waals surface area contributed by atoms with Crippen LogP contribution in [-0.2, 0) is 26.2 Å². The van der Waals surface area contributed by atoms with Crippen molar-refractivity contribution >= 4 is 50.7 Å². The lowest BCUT2D eigenvalue weighted by atomic mass is 10.1. The van der Waals surface area contributed by atoms with E-state index in [0.29, 0.717) is 46.9 Å². The monoisotopic (exact) mass is 585 g/mol. The maximum absolute atomic E-state index is 13.8. The number of benzene rings is 2. The number of rotatable bonds is 11. The molecule has 0 fully saturated rings. The largest absolute Gasteiger partial charge is 0.486 e. The molecule has 2 aromatic carbocycles. The van der Waals surface area contributed by atoms with E-state index in [0.717, 1.165) is 4.31 Å². The quantitative estimate of drug-likeness (QED) is 0.425. The predicted molar refractivity (Wildman–Crippen MR) is 149 cm³/mol. The molecule has 0 saturated heterocycles. The van der Waals surface area contributed by atoms with Gasteiger partial charge in [-0.1, -0.05) is 43.1 Å². The summed E-state index contributed by atoms with van der Waals surface area (Å²) in [6, 6.07) is 8.72. The molecule has 1 atom stereocenters. The van der Waals surface area contributed by atoms with Gasteiger partial charge in [-0.2, -0.15) is 0 Å². The summed E-state index contributed by atoms with van der Waals surface area (Å²) in [5, 5.41) is 3.49.